The minimum Gasteiger partial charge on any atom is -0.494 e. The van der Waals surface area contributed by atoms with Crippen LogP contribution in [0, 0.1) is 0 Å². The number of amides is 1. The molecule has 0 aromatic heterocycles. The van der Waals surface area contributed by atoms with Crippen molar-refractivity contribution in [3.8, 4) is 5.75 Å². The van der Waals surface area contributed by atoms with Gasteiger partial charge < -0.3 is 20.3 Å². The number of carbonyl (C=O) groups is 1. The Hall–Kier alpha value is -2.29. The van der Waals surface area contributed by atoms with Gasteiger partial charge in [-0.25, -0.2) is 0 Å². The molecule has 2 aromatic carbocycles. The molecule has 1 aliphatic heterocycles. The lowest BCUT2D eigenvalue weighted by Crippen LogP contribution is -2.45. The number of nitrogens with one attached hydrogen (secondary N) is 2. The molecule has 0 atom stereocenters. The number of aliphatic imine (C=N–C) groups is 1. The number of hydrogen-bond donors (Lipinski definition) is 2. The van der Waals surface area contributed by atoms with Gasteiger partial charge in [-0.1, -0.05) is 36.4 Å². The normalized spacial score (nSPS) is 13.2. The molecular formula is C22H29IN4O2. The first kappa shape index (κ1) is 23.0. The number of para-hydroxylation sites is 2. The van der Waals surface area contributed by atoms with Crippen molar-refractivity contribution in [2.24, 2.45) is 4.99 Å². The lowest BCUT2D eigenvalue weighted by atomic mass is 10.0. The summed E-state index contributed by atoms with van der Waals surface area (Å²) in [6.07, 6.45) is 2.01. The highest BCUT2D eigenvalue weighted by molar-refractivity contribution is 14.0. The molecule has 2 N–H and O–H groups in total. The Labute approximate surface area is 189 Å². The van der Waals surface area contributed by atoms with Crippen molar-refractivity contribution in [2.75, 3.05) is 31.6 Å². The Morgan fingerprint density at radius 3 is 2.69 bits per heavy atom. The van der Waals surface area contributed by atoms with E-state index >= 15 is 0 Å². The van der Waals surface area contributed by atoms with E-state index in [2.05, 4.69) is 21.7 Å². The van der Waals surface area contributed by atoms with Crippen LogP contribution in [0.5, 0.6) is 5.75 Å². The van der Waals surface area contributed by atoms with Gasteiger partial charge in [0.25, 0.3) is 0 Å². The Morgan fingerprint density at radius 2 is 1.90 bits per heavy atom. The molecule has 29 heavy (non-hydrogen) atoms. The number of fused-ring (bicyclic) bond motifs is 1. The van der Waals surface area contributed by atoms with Gasteiger partial charge in [-0.15, -0.1) is 24.0 Å². The van der Waals surface area contributed by atoms with Gasteiger partial charge in [-0.2, -0.15) is 0 Å². The Balaban J connectivity index is 0.00000300. The molecular weight excluding hydrogens is 479 g/mol. The van der Waals surface area contributed by atoms with Gasteiger partial charge in [-0.3, -0.25) is 9.79 Å². The number of guanidine groups is 1. The van der Waals surface area contributed by atoms with Crippen LogP contribution in [0.25, 0.3) is 0 Å². The third-order valence-corrected chi connectivity index (χ3v) is 4.76. The molecule has 0 bridgehead atoms. The number of nitrogens with zero attached hydrogens (tertiary/aromatic N) is 2. The van der Waals surface area contributed by atoms with Crippen molar-refractivity contribution in [1.82, 2.24) is 10.6 Å². The van der Waals surface area contributed by atoms with Crippen LogP contribution in [-0.4, -0.2) is 38.6 Å². The average molecular weight is 508 g/mol. The number of halogens is 1. The third kappa shape index (κ3) is 6.09. The molecule has 1 heterocycles. The highest BCUT2D eigenvalue weighted by Crippen LogP contribution is 2.26. The molecule has 0 unspecified atom stereocenters. The summed E-state index contributed by atoms with van der Waals surface area (Å²) in [7, 11) is 1.70. The fourth-order valence-corrected chi connectivity index (χ4v) is 3.39. The predicted molar refractivity (Wildman–Crippen MR) is 128 cm³/mol. The van der Waals surface area contributed by atoms with Gasteiger partial charge >= 0.3 is 0 Å². The summed E-state index contributed by atoms with van der Waals surface area (Å²) in [5, 5.41) is 6.38. The molecule has 3 rings (SSSR count). The standard InChI is InChI=1S/C22H28N4O2.HI/c1-3-28-20-13-7-5-10-18(20)15-24-22(23-2)25-16-21(27)26-14-8-11-17-9-4-6-12-19(17)26;/h4-7,9-10,12-13H,3,8,11,14-16H2,1-2H3,(H2,23,24,25);1H. The molecule has 0 saturated carbocycles. The molecule has 0 aliphatic carbocycles. The Kier molecular flexibility index (Phi) is 9.24. The number of hydrogen-bond acceptors (Lipinski definition) is 3. The van der Waals surface area contributed by atoms with E-state index < -0.39 is 0 Å². The SMILES string of the molecule is CCOc1ccccc1CNC(=NC)NCC(=O)N1CCCc2ccccc21.I. The van der Waals surface area contributed by atoms with Crippen LogP contribution >= 0.6 is 24.0 Å². The van der Waals surface area contributed by atoms with Crippen LogP contribution in [0.3, 0.4) is 0 Å². The van der Waals surface area contributed by atoms with E-state index in [0.717, 1.165) is 36.4 Å². The maximum Gasteiger partial charge on any atom is 0.246 e. The monoisotopic (exact) mass is 508 g/mol. The van der Waals surface area contributed by atoms with Crippen molar-refractivity contribution in [1.29, 1.82) is 0 Å². The van der Waals surface area contributed by atoms with E-state index in [9.17, 15) is 4.79 Å². The van der Waals surface area contributed by atoms with Gasteiger partial charge in [0.2, 0.25) is 5.91 Å². The van der Waals surface area contributed by atoms with Crippen molar-refractivity contribution >= 4 is 41.5 Å². The van der Waals surface area contributed by atoms with Crippen LogP contribution in [0.4, 0.5) is 5.69 Å². The topological polar surface area (TPSA) is 66.0 Å². The lowest BCUT2D eigenvalue weighted by molar-refractivity contribution is -0.117. The smallest absolute Gasteiger partial charge is 0.246 e. The highest BCUT2D eigenvalue weighted by Gasteiger charge is 2.21. The molecule has 1 amide bonds. The fraction of sp³-hybridized carbons (Fsp3) is 0.364. The zero-order chi connectivity index (χ0) is 19.8. The molecule has 1 aliphatic rings. The largest absolute Gasteiger partial charge is 0.494 e. The van der Waals surface area contributed by atoms with Crippen molar-refractivity contribution in [3.05, 3.63) is 59.7 Å². The third-order valence-electron chi connectivity index (χ3n) is 4.76. The van der Waals surface area contributed by atoms with Gasteiger partial charge in [0.15, 0.2) is 5.96 Å². The van der Waals surface area contributed by atoms with E-state index in [1.807, 2.05) is 54.3 Å². The fourth-order valence-electron chi connectivity index (χ4n) is 3.39. The number of rotatable bonds is 6. The first-order chi connectivity index (χ1) is 13.7. The molecule has 156 valence electrons. The van der Waals surface area contributed by atoms with Gasteiger partial charge in [0.05, 0.1) is 13.2 Å². The summed E-state index contributed by atoms with van der Waals surface area (Å²) < 4.78 is 5.65. The lowest BCUT2D eigenvalue weighted by Gasteiger charge is -2.29. The molecule has 0 spiro atoms. The zero-order valence-corrected chi connectivity index (χ0v) is 19.3. The number of ether oxygens (including phenoxy) is 1. The number of benzene rings is 2. The molecule has 0 fully saturated rings. The Bertz CT molecular complexity index is 841. The maximum atomic E-state index is 12.8. The molecule has 6 nitrogen and oxygen atoms in total. The van der Waals surface area contributed by atoms with Gasteiger partial charge in [0.1, 0.15) is 5.75 Å². The minimum atomic E-state index is 0. The summed E-state index contributed by atoms with van der Waals surface area (Å²) in [6.45, 7) is 4.10. The number of anilines is 1. The van der Waals surface area contributed by atoms with Gasteiger partial charge in [-0.05, 0) is 37.5 Å². The van der Waals surface area contributed by atoms with E-state index in [1.54, 1.807) is 7.05 Å². The molecule has 2 aromatic rings. The van der Waals surface area contributed by atoms with Crippen LogP contribution in [0.2, 0.25) is 0 Å². The quantitative estimate of drug-likeness (QED) is 0.357. The molecule has 7 heteroatoms. The number of aryl methyl sites for hydroxylation is 1. The zero-order valence-electron chi connectivity index (χ0n) is 17.0. The summed E-state index contributed by atoms with van der Waals surface area (Å²) in [4.78, 5) is 18.8. The molecule has 0 radical (unpaired) electrons. The van der Waals surface area contributed by atoms with Gasteiger partial charge in [0, 0.05) is 31.4 Å². The van der Waals surface area contributed by atoms with Crippen LogP contribution in [-0.2, 0) is 17.8 Å². The predicted octanol–water partition coefficient (Wildman–Crippen LogP) is 3.35. The first-order valence-corrected chi connectivity index (χ1v) is 9.76. The van der Waals surface area contributed by atoms with E-state index in [-0.39, 0.29) is 36.4 Å². The van der Waals surface area contributed by atoms with Crippen LogP contribution in [0.1, 0.15) is 24.5 Å². The highest BCUT2D eigenvalue weighted by atomic mass is 127. The van der Waals surface area contributed by atoms with Crippen molar-refractivity contribution in [3.63, 3.8) is 0 Å². The van der Waals surface area contributed by atoms with E-state index in [0.29, 0.717) is 19.1 Å². The minimum absolute atomic E-state index is 0. The summed E-state index contributed by atoms with van der Waals surface area (Å²) in [6, 6.07) is 16.0. The van der Waals surface area contributed by atoms with E-state index in [1.165, 1.54) is 5.56 Å². The first-order valence-electron chi connectivity index (χ1n) is 9.76. The summed E-state index contributed by atoms with van der Waals surface area (Å²) >= 11 is 0. The number of carbonyl (C=O) groups excluding carboxylic acids is 1. The Morgan fingerprint density at radius 1 is 1.14 bits per heavy atom. The maximum absolute atomic E-state index is 12.8. The second kappa shape index (κ2) is 11.6. The molecule has 0 saturated heterocycles. The van der Waals surface area contributed by atoms with Crippen molar-refractivity contribution in [2.45, 2.75) is 26.3 Å². The summed E-state index contributed by atoms with van der Waals surface area (Å²) in [5.74, 6) is 1.49. The van der Waals surface area contributed by atoms with Crippen LogP contribution < -0.4 is 20.3 Å². The second-order valence-electron chi connectivity index (χ2n) is 6.60. The van der Waals surface area contributed by atoms with E-state index in [4.69, 9.17) is 4.74 Å². The average Bonchev–Trinajstić information content (AvgIpc) is 2.74. The second-order valence-corrected chi connectivity index (χ2v) is 6.60. The summed E-state index contributed by atoms with van der Waals surface area (Å²) in [5.41, 5.74) is 3.30. The van der Waals surface area contributed by atoms with Crippen LogP contribution in [0.15, 0.2) is 53.5 Å². The van der Waals surface area contributed by atoms with Crippen molar-refractivity contribution < 1.29 is 9.53 Å².